The van der Waals surface area contributed by atoms with Crippen molar-refractivity contribution in [3.8, 4) is 5.75 Å². The molecule has 0 spiro atoms. The molecule has 3 rings (SSSR count). The lowest BCUT2D eigenvalue weighted by Gasteiger charge is -2.13. The summed E-state index contributed by atoms with van der Waals surface area (Å²) in [6.07, 6.45) is 0.861. The predicted octanol–water partition coefficient (Wildman–Crippen LogP) is 4.31. The van der Waals surface area contributed by atoms with Crippen molar-refractivity contribution in [2.45, 2.75) is 18.2 Å². The Morgan fingerprint density at radius 1 is 0.931 bits per heavy atom. The summed E-state index contributed by atoms with van der Waals surface area (Å²) in [5.74, 6) is -0.262. The highest BCUT2D eigenvalue weighted by atomic mass is 32.2. The number of methoxy groups -OCH3 is 1. The summed E-state index contributed by atoms with van der Waals surface area (Å²) in [4.78, 5) is 12.4. The Hall–Kier alpha value is -3.32. The number of anilines is 2. The second-order valence-electron chi connectivity index (χ2n) is 6.34. The van der Waals surface area contributed by atoms with E-state index in [-0.39, 0.29) is 16.2 Å². The smallest absolute Gasteiger partial charge is 0.265 e. The molecule has 0 bridgehead atoms. The van der Waals surface area contributed by atoms with Crippen molar-refractivity contribution in [1.82, 2.24) is 0 Å². The monoisotopic (exact) mass is 410 g/mol. The molecule has 0 aliphatic heterocycles. The van der Waals surface area contributed by atoms with Gasteiger partial charge in [0.05, 0.1) is 7.11 Å². The highest BCUT2D eigenvalue weighted by Crippen LogP contribution is 2.27. The zero-order valence-electron chi connectivity index (χ0n) is 16.2. The molecule has 3 aromatic carbocycles. The van der Waals surface area contributed by atoms with Crippen LogP contribution in [0.2, 0.25) is 0 Å². The minimum atomic E-state index is -3.96. The molecule has 0 unspecified atom stereocenters. The van der Waals surface area contributed by atoms with Crippen LogP contribution in [0.15, 0.2) is 77.7 Å². The zero-order chi connectivity index (χ0) is 20.9. The third-order valence-corrected chi connectivity index (χ3v) is 5.76. The summed E-state index contributed by atoms with van der Waals surface area (Å²) in [5.41, 5.74) is 2.36. The Morgan fingerprint density at radius 2 is 1.62 bits per heavy atom. The maximum absolute atomic E-state index is 12.9. The molecule has 150 valence electrons. The third-order valence-electron chi connectivity index (χ3n) is 4.36. The minimum absolute atomic E-state index is 0.111. The van der Waals surface area contributed by atoms with Crippen LogP contribution in [0, 0.1) is 0 Å². The third kappa shape index (κ3) is 4.94. The Balaban J connectivity index is 1.90. The number of benzene rings is 3. The van der Waals surface area contributed by atoms with E-state index in [1.165, 1.54) is 25.3 Å². The van der Waals surface area contributed by atoms with E-state index < -0.39 is 15.9 Å². The number of para-hydroxylation sites is 1. The lowest BCUT2D eigenvalue weighted by atomic mass is 10.2. The molecule has 3 aromatic rings. The SMILES string of the molecule is CCc1ccc(NS(=O)(=O)c2cc(C(=O)Nc3ccccc3)ccc2OC)cc1. The average Bonchev–Trinajstić information content (AvgIpc) is 2.74. The van der Waals surface area contributed by atoms with Crippen molar-refractivity contribution in [3.63, 3.8) is 0 Å². The second-order valence-corrected chi connectivity index (χ2v) is 7.99. The van der Waals surface area contributed by atoms with Crippen LogP contribution in [0.1, 0.15) is 22.8 Å². The number of amides is 1. The summed E-state index contributed by atoms with van der Waals surface area (Å²) in [5, 5.41) is 2.74. The minimum Gasteiger partial charge on any atom is -0.495 e. The lowest BCUT2D eigenvalue weighted by molar-refractivity contribution is 0.102. The van der Waals surface area contributed by atoms with Crippen LogP contribution >= 0.6 is 0 Å². The zero-order valence-corrected chi connectivity index (χ0v) is 17.0. The maximum atomic E-state index is 12.9. The number of ether oxygens (including phenoxy) is 1. The molecule has 0 radical (unpaired) electrons. The first-order valence-corrected chi connectivity index (χ1v) is 10.6. The summed E-state index contributed by atoms with van der Waals surface area (Å²) >= 11 is 0. The van der Waals surface area contributed by atoms with Gasteiger partial charge in [-0.1, -0.05) is 37.3 Å². The molecule has 6 nitrogen and oxygen atoms in total. The van der Waals surface area contributed by atoms with Gasteiger partial charge in [-0.2, -0.15) is 0 Å². The van der Waals surface area contributed by atoms with Crippen LogP contribution in [0.4, 0.5) is 11.4 Å². The largest absolute Gasteiger partial charge is 0.495 e. The van der Waals surface area contributed by atoms with Crippen molar-refractivity contribution < 1.29 is 17.9 Å². The van der Waals surface area contributed by atoms with Crippen molar-refractivity contribution in [2.24, 2.45) is 0 Å². The first kappa shape index (κ1) is 20.4. The number of rotatable bonds is 7. The molecule has 0 aromatic heterocycles. The number of aryl methyl sites for hydroxylation is 1. The fourth-order valence-corrected chi connectivity index (χ4v) is 4.03. The Kier molecular flexibility index (Phi) is 6.19. The Labute approximate surface area is 170 Å². The molecule has 29 heavy (non-hydrogen) atoms. The van der Waals surface area contributed by atoms with E-state index in [1.807, 2.05) is 25.1 Å². The molecular formula is C22H22N2O4S. The standard InChI is InChI=1S/C22H22N2O4S/c1-3-16-9-12-19(13-10-16)24-29(26,27)21-15-17(11-14-20(21)28-2)22(25)23-18-7-5-4-6-8-18/h4-15,24H,3H2,1-2H3,(H,23,25). The van der Waals surface area contributed by atoms with Gasteiger partial charge in [0.2, 0.25) is 0 Å². The molecule has 0 saturated heterocycles. The number of nitrogens with one attached hydrogen (secondary N) is 2. The highest BCUT2D eigenvalue weighted by molar-refractivity contribution is 7.92. The van der Waals surface area contributed by atoms with Crippen molar-refractivity contribution in [1.29, 1.82) is 0 Å². The molecule has 0 atom stereocenters. The molecule has 0 saturated carbocycles. The van der Waals surface area contributed by atoms with Gasteiger partial charge in [-0.05, 0) is 54.4 Å². The molecule has 0 heterocycles. The van der Waals surface area contributed by atoms with Crippen molar-refractivity contribution in [2.75, 3.05) is 17.1 Å². The number of sulfonamides is 1. The van der Waals surface area contributed by atoms with Gasteiger partial charge in [-0.3, -0.25) is 9.52 Å². The fourth-order valence-electron chi connectivity index (χ4n) is 2.77. The van der Waals surface area contributed by atoms with Crippen molar-refractivity contribution >= 4 is 27.3 Å². The van der Waals surface area contributed by atoms with Crippen LogP contribution in [0.25, 0.3) is 0 Å². The number of carbonyl (C=O) groups excluding carboxylic acids is 1. The molecule has 0 aliphatic carbocycles. The predicted molar refractivity (Wildman–Crippen MR) is 114 cm³/mol. The van der Waals surface area contributed by atoms with Crippen LogP contribution in [0.3, 0.4) is 0 Å². The summed E-state index contributed by atoms with van der Waals surface area (Å²) in [6, 6.07) is 20.4. The average molecular weight is 410 g/mol. The van der Waals surface area contributed by atoms with Crippen LogP contribution in [0.5, 0.6) is 5.75 Å². The molecule has 0 aliphatic rings. The number of carbonyl (C=O) groups is 1. The first-order valence-electron chi connectivity index (χ1n) is 9.09. The van der Waals surface area contributed by atoms with Crippen LogP contribution in [-0.2, 0) is 16.4 Å². The van der Waals surface area contributed by atoms with Gasteiger partial charge in [-0.25, -0.2) is 8.42 Å². The van der Waals surface area contributed by atoms with Gasteiger partial charge >= 0.3 is 0 Å². The summed E-state index contributed by atoms with van der Waals surface area (Å²) in [6.45, 7) is 2.02. The van der Waals surface area contributed by atoms with Gasteiger partial charge < -0.3 is 10.1 Å². The van der Waals surface area contributed by atoms with Gasteiger partial charge in [0.1, 0.15) is 10.6 Å². The fraction of sp³-hybridized carbons (Fsp3) is 0.136. The van der Waals surface area contributed by atoms with Crippen molar-refractivity contribution in [3.05, 3.63) is 83.9 Å². The van der Waals surface area contributed by atoms with E-state index in [0.717, 1.165) is 12.0 Å². The Bertz CT molecular complexity index is 1100. The lowest BCUT2D eigenvalue weighted by Crippen LogP contribution is -2.17. The molecular weight excluding hydrogens is 388 g/mol. The Morgan fingerprint density at radius 3 is 2.24 bits per heavy atom. The van der Waals surface area contributed by atoms with E-state index in [1.54, 1.807) is 36.4 Å². The summed E-state index contributed by atoms with van der Waals surface area (Å²) < 4.78 is 33.6. The van der Waals surface area contributed by atoms with E-state index in [0.29, 0.717) is 11.4 Å². The molecule has 7 heteroatoms. The first-order chi connectivity index (χ1) is 13.9. The quantitative estimate of drug-likeness (QED) is 0.608. The molecule has 0 fully saturated rings. The number of hydrogen-bond donors (Lipinski definition) is 2. The highest BCUT2D eigenvalue weighted by Gasteiger charge is 2.22. The molecule has 2 N–H and O–H groups in total. The van der Waals surface area contributed by atoms with Gasteiger partial charge in [-0.15, -0.1) is 0 Å². The van der Waals surface area contributed by atoms with E-state index in [9.17, 15) is 13.2 Å². The molecule has 1 amide bonds. The maximum Gasteiger partial charge on any atom is 0.265 e. The van der Waals surface area contributed by atoms with Crippen LogP contribution < -0.4 is 14.8 Å². The summed E-state index contributed by atoms with van der Waals surface area (Å²) in [7, 11) is -2.58. The second kappa shape index (κ2) is 8.79. The van der Waals surface area contributed by atoms with Gasteiger partial charge in [0.15, 0.2) is 0 Å². The van der Waals surface area contributed by atoms with E-state index in [4.69, 9.17) is 4.74 Å². The van der Waals surface area contributed by atoms with Gasteiger partial charge in [0.25, 0.3) is 15.9 Å². The van der Waals surface area contributed by atoms with E-state index in [2.05, 4.69) is 10.0 Å². The number of hydrogen-bond acceptors (Lipinski definition) is 4. The van der Waals surface area contributed by atoms with Gasteiger partial charge in [0, 0.05) is 16.9 Å². The van der Waals surface area contributed by atoms with E-state index >= 15 is 0 Å². The van der Waals surface area contributed by atoms with Crippen LogP contribution in [-0.4, -0.2) is 21.4 Å². The topological polar surface area (TPSA) is 84.5 Å². The normalized spacial score (nSPS) is 11.0.